The van der Waals surface area contributed by atoms with E-state index in [-0.39, 0.29) is 12.5 Å². The Morgan fingerprint density at radius 3 is 2.79 bits per heavy atom. The molecule has 28 heavy (non-hydrogen) atoms. The highest BCUT2D eigenvalue weighted by Crippen LogP contribution is 2.35. The van der Waals surface area contributed by atoms with Gasteiger partial charge in [-0.3, -0.25) is 14.5 Å². The smallest absolute Gasteiger partial charge is 0.266 e. The summed E-state index contributed by atoms with van der Waals surface area (Å²) in [5.41, 5.74) is 7.54. The van der Waals surface area contributed by atoms with Gasteiger partial charge in [0.1, 0.15) is 5.75 Å². The molecule has 2 N–H and O–H groups in total. The van der Waals surface area contributed by atoms with Crippen molar-refractivity contribution in [3.8, 4) is 5.75 Å². The van der Waals surface area contributed by atoms with Gasteiger partial charge in [0.25, 0.3) is 11.8 Å². The Labute approximate surface area is 172 Å². The number of nitrogens with zero attached hydrogens (tertiary/aromatic N) is 2. The molecular weight excluding hydrogens is 398 g/mol. The number of nitrogens with two attached hydrogens (primary N) is 1. The topological polar surface area (TPSA) is 85.0 Å². The van der Waals surface area contributed by atoms with E-state index in [9.17, 15) is 9.59 Å². The zero-order valence-corrected chi connectivity index (χ0v) is 16.9. The van der Waals surface area contributed by atoms with Crippen molar-refractivity contribution in [1.82, 2.24) is 4.90 Å². The Morgan fingerprint density at radius 1 is 1.32 bits per heavy atom. The molecule has 144 valence electrons. The fourth-order valence-corrected chi connectivity index (χ4v) is 3.65. The molecule has 2 aromatic carbocycles. The van der Waals surface area contributed by atoms with E-state index in [0.717, 1.165) is 11.3 Å². The first-order chi connectivity index (χ1) is 13.3. The zero-order valence-electron chi connectivity index (χ0n) is 15.3. The van der Waals surface area contributed by atoms with E-state index < -0.39 is 5.91 Å². The summed E-state index contributed by atoms with van der Waals surface area (Å²) in [4.78, 5) is 30.3. The molecule has 0 spiro atoms. The highest BCUT2D eigenvalue weighted by atomic mass is 35.5. The van der Waals surface area contributed by atoms with Gasteiger partial charge >= 0.3 is 0 Å². The summed E-state index contributed by atoms with van der Waals surface area (Å²) in [5.74, 6) is -0.360. The summed E-state index contributed by atoms with van der Waals surface area (Å²) in [7, 11) is 1.68. The normalized spacial score (nSPS) is 16.8. The second-order valence-corrected chi connectivity index (χ2v) is 7.54. The molecular formula is C20H18ClN3O3S. The molecule has 0 unspecified atom stereocenters. The van der Waals surface area contributed by atoms with Gasteiger partial charge in [-0.2, -0.15) is 0 Å². The molecule has 1 aliphatic heterocycles. The van der Waals surface area contributed by atoms with Crippen LogP contribution in [0.25, 0.3) is 6.08 Å². The van der Waals surface area contributed by atoms with Gasteiger partial charge in [-0.15, -0.1) is 0 Å². The number of primary amides is 1. The van der Waals surface area contributed by atoms with Crippen molar-refractivity contribution < 1.29 is 14.3 Å². The van der Waals surface area contributed by atoms with Gasteiger partial charge in [-0.05, 0) is 54.6 Å². The van der Waals surface area contributed by atoms with Crippen LogP contribution in [0.4, 0.5) is 5.69 Å². The molecule has 8 heteroatoms. The number of likely N-dealkylation sites (N-methyl/N-ethyl adjacent to an activating group) is 1. The quantitative estimate of drug-likeness (QED) is 0.753. The third-order valence-electron chi connectivity index (χ3n) is 3.96. The number of halogens is 1. The summed E-state index contributed by atoms with van der Waals surface area (Å²) in [6.45, 7) is 1.70. The summed E-state index contributed by atoms with van der Waals surface area (Å²) >= 11 is 7.34. The Hall–Kier alpha value is -2.77. The fourth-order valence-electron chi connectivity index (χ4n) is 2.50. The molecule has 0 aliphatic carbocycles. The average molecular weight is 416 g/mol. The lowest BCUT2D eigenvalue weighted by atomic mass is 10.2. The second-order valence-electron chi connectivity index (χ2n) is 6.09. The molecule has 3 rings (SSSR count). The number of benzene rings is 2. The van der Waals surface area contributed by atoms with Gasteiger partial charge in [0.15, 0.2) is 11.8 Å². The van der Waals surface area contributed by atoms with Crippen LogP contribution in [0.5, 0.6) is 5.75 Å². The van der Waals surface area contributed by atoms with Gasteiger partial charge in [0, 0.05) is 17.6 Å². The number of carbonyl (C=O) groups is 2. The highest BCUT2D eigenvalue weighted by Gasteiger charge is 2.30. The standard InChI is InChI=1S/C20H18ClN3O3S/c1-12-5-3-4-6-15(12)23-20-24(2)19(26)17(28-20)10-13-9-14(21)7-8-16(13)27-11-18(22)25/h3-10H,11H2,1-2H3,(H2,22,25)/b17-10+,23-20?. The molecule has 0 radical (unpaired) electrons. The number of aliphatic imine (C=N–C) groups is 1. The third-order valence-corrected chi connectivity index (χ3v) is 5.26. The minimum Gasteiger partial charge on any atom is -0.483 e. The Balaban J connectivity index is 1.93. The fraction of sp³-hybridized carbons (Fsp3) is 0.150. The number of hydrogen-bond acceptors (Lipinski definition) is 5. The molecule has 1 fully saturated rings. The van der Waals surface area contributed by atoms with Crippen molar-refractivity contribution in [1.29, 1.82) is 0 Å². The van der Waals surface area contributed by atoms with Crippen LogP contribution in [0.3, 0.4) is 0 Å². The van der Waals surface area contributed by atoms with Crippen molar-refractivity contribution in [2.24, 2.45) is 10.7 Å². The van der Waals surface area contributed by atoms with E-state index in [1.165, 1.54) is 16.7 Å². The van der Waals surface area contributed by atoms with E-state index in [1.54, 1.807) is 31.3 Å². The van der Waals surface area contributed by atoms with Crippen molar-refractivity contribution in [2.45, 2.75) is 6.92 Å². The van der Waals surface area contributed by atoms with Crippen LogP contribution >= 0.6 is 23.4 Å². The highest BCUT2D eigenvalue weighted by molar-refractivity contribution is 8.18. The molecule has 0 aromatic heterocycles. The molecule has 0 saturated carbocycles. The van der Waals surface area contributed by atoms with Crippen LogP contribution in [0.2, 0.25) is 5.02 Å². The minimum absolute atomic E-state index is 0.182. The number of thioether (sulfide) groups is 1. The maximum atomic E-state index is 12.7. The number of aryl methyl sites for hydroxylation is 1. The predicted molar refractivity (Wildman–Crippen MR) is 113 cm³/mol. The van der Waals surface area contributed by atoms with Gasteiger partial charge < -0.3 is 10.5 Å². The first-order valence-corrected chi connectivity index (χ1v) is 9.57. The lowest BCUT2D eigenvalue weighted by Crippen LogP contribution is -2.23. The molecule has 1 heterocycles. The average Bonchev–Trinajstić information content (AvgIpc) is 2.91. The molecule has 6 nitrogen and oxygen atoms in total. The SMILES string of the molecule is Cc1ccccc1N=C1S/C(=C/c2cc(Cl)ccc2OCC(N)=O)C(=O)N1C. The van der Waals surface area contributed by atoms with Crippen LogP contribution in [0.15, 0.2) is 52.4 Å². The van der Waals surface area contributed by atoms with Crippen molar-refractivity contribution in [3.63, 3.8) is 0 Å². The Kier molecular flexibility index (Phi) is 6.06. The molecule has 0 bridgehead atoms. The molecule has 2 aromatic rings. The Morgan fingerprint density at radius 2 is 2.07 bits per heavy atom. The number of ether oxygens (including phenoxy) is 1. The number of para-hydroxylation sites is 1. The van der Waals surface area contributed by atoms with Crippen LogP contribution in [0.1, 0.15) is 11.1 Å². The summed E-state index contributed by atoms with van der Waals surface area (Å²) in [6.07, 6.45) is 1.67. The van der Waals surface area contributed by atoms with E-state index in [0.29, 0.717) is 26.4 Å². The second kappa shape index (κ2) is 8.50. The summed E-state index contributed by atoms with van der Waals surface area (Å²) < 4.78 is 5.42. The molecule has 1 aliphatic rings. The number of hydrogen-bond donors (Lipinski definition) is 1. The largest absolute Gasteiger partial charge is 0.483 e. The van der Waals surface area contributed by atoms with Crippen molar-refractivity contribution in [3.05, 3.63) is 63.5 Å². The van der Waals surface area contributed by atoms with Crippen molar-refractivity contribution in [2.75, 3.05) is 13.7 Å². The molecule has 2 amide bonds. The van der Waals surface area contributed by atoms with Gasteiger partial charge in [-0.25, -0.2) is 4.99 Å². The van der Waals surface area contributed by atoms with E-state index in [1.807, 2.05) is 31.2 Å². The van der Waals surface area contributed by atoms with E-state index in [2.05, 4.69) is 4.99 Å². The monoisotopic (exact) mass is 415 g/mol. The summed E-state index contributed by atoms with van der Waals surface area (Å²) in [6, 6.07) is 12.6. The van der Waals surface area contributed by atoms with Gasteiger partial charge in [-0.1, -0.05) is 29.8 Å². The number of amides is 2. The first-order valence-electron chi connectivity index (χ1n) is 8.37. The van der Waals surface area contributed by atoms with Crippen molar-refractivity contribution >= 4 is 52.1 Å². The third kappa shape index (κ3) is 4.55. The van der Waals surface area contributed by atoms with E-state index in [4.69, 9.17) is 22.1 Å². The number of rotatable bonds is 5. The molecule has 0 atom stereocenters. The lowest BCUT2D eigenvalue weighted by molar-refractivity contribution is -0.121. The van der Waals surface area contributed by atoms with Crippen LogP contribution in [-0.2, 0) is 9.59 Å². The Bertz CT molecular complexity index is 1000. The number of carbonyl (C=O) groups excluding carboxylic acids is 2. The number of amidine groups is 1. The lowest BCUT2D eigenvalue weighted by Gasteiger charge is -2.09. The maximum Gasteiger partial charge on any atom is 0.266 e. The van der Waals surface area contributed by atoms with Crippen LogP contribution in [0, 0.1) is 6.92 Å². The van der Waals surface area contributed by atoms with Gasteiger partial charge in [0.2, 0.25) is 0 Å². The van der Waals surface area contributed by atoms with Gasteiger partial charge in [0.05, 0.1) is 10.6 Å². The van der Waals surface area contributed by atoms with Crippen LogP contribution < -0.4 is 10.5 Å². The first kappa shape index (κ1) is 20.0. The van der Waals surface area contributed by atoms with E-state index >= 15 is 0 Å². The summed E-state index contributed by atoms with van der Waals surface area (Å²) in [5, 5.41) is 1.06. The molecule has 1 saturated heterocycles. The predicted octanol–water partition coefficient (Wildman–Crippen LogP) is 3.75. The maximum absolute atomic E-state index is 12.7. The minimum atomic E-state index is -0.591. The van der Waals surface area contributed by atoms with Crippen LogP contribution in [-0.4, -0.2) is 35.5 Å². The zero-order chi connectivity index (χ0) is 20.3.